The van der Waals surface area contributed by atoms with E-state index in [1.54, 1.807) is 0 Å². The Balaban J connectivity index is 1.12. The Kier molecular flexibility index (Phi) is 7.14. The maximum atomic E-state index is 5.22. The van der Waals surface area contributed by atoms with Crippen LogP contribution >= 0.6 is 0 Å². The molecule has 0 unspecified atom stereocenters. The first-order chi connectivity index (χ1) is 25.7. The van der Waals surface area contributed by atoms with Crippen molar-refractivity contribution < 1.29 is 0 Å². The van der Waals surface area contributed by atoms with Crippen LogP contribution in [-0.4, -0.2) is 15.0 Å². The maximum absolute atomic E-state index is 5.22. The van der Waals surface area contributed by atoms with E-state index in [9.17, 15) is 0 Å². The molecule has 0 radical (unpaired) electrons. The Bertz CT molecular complexity index is 2970. The molecule has 0 saturated heterocycles. The molecule has 242 valence electrons. The number of nitrogens with zero attached hydrogens (tertiary/aromatic N) is 3. The molecule has 0 aliphatic carbocycles. The van der Waals surface area contributed by atoms with E-state index in [2.05, 4.69) is 188 Å². The van der Waals surface area contributed by atoms with Crippen molar-refractivity contribution >= 4 is 43.1 Å². The normalized spacial score (nSPS) is 11.5. The lowest BCUT2D eigenvalue weighted by atomic mass is 9.96. The number of rotatable bonds is 5. The number of aromatic nitrogens is 3. The molecular weight excluding hydrogens is 631 g/mol. The quantitative estimate of drug-likeness (QED) is 0.172. The largest absolute Gasteiger partial charge is 0.208 e. The first-order valence-electron chi connectivity index (χ1n) is 17.6. The highest BCUT2D eigenvalue weighted by atomic mass is 15.0. The summed E-state index contributed by atoms with van der Waals surface area (Å²) in [7, 11) is 0. The first-order valence-corrected chi connectivity index (χ1v) is 17.6. The fourth-order valence-electron chi connectivity index (χ4n) is 7.40. The highest BCUT2D eigenvalue weighted by Crippen LogP contribution is 2.36. The zero-order chi connectivity index (χ0) is 34.4. The minimum Gasteiger partial charge on any atom is -0.208 e. The predicted molar refractivity (Wildman–Crippen MR) is 217 cm³/mol. The van der Waals surface area contributed by atoms with Gasteiger partial charge in [-0.2, -0.15) is 0 Å². The van der Waals surface area contributed by atoms with E-state index in [-0.39, 0.29) is 0 Å². The summed E-state index contributed by atoms with van der Waals surface area (Å²) in [5, 5.41) is 9.40. The van der Waals surface area contributed by atoms with Crippen molar-refractivity contribution in [3.8, 4) is 56.4 Å². The van der Waals surface area contributed by atoms with Gasteiger partial charge >= 0.3 is 0 Å². The highest BCUT2D eigenvalue weighted by molar-refractivity contribution is 6.13. The van der Waals surface area contributed by atoms with Crippen molar-refractivity contribution in [3.05, 3.63) is 188 Å². The van der Waals surface area contributed by atoms with Gasteiger partial charge in [0.25, 0.3) is 0 Å². The van der Waals surface area contributed by atoms with Crippen LogP contribution in [0, 0.1) is 0 Å². The van der Waals surface area contributed by atoms with Crippen LogP contribution in [0.5, 0.6) is 0 Å². The molecule has 9 aromatic carbocycles. The second-order valence-electron chi connectivity index (χ2n) is 13.3. The average molecular weight is 662 g/mol. The van der Waals surface area contributed by atoms with Gasteiger partial charge in [-0.15, -0.1) is 0 Å². The van der Waals surface area contributed by atoms with Gasteiger partial charge in [-0.1, -0.05) is 164 Å². The Morgan fingerprint density at radius 3 is 1.52 bits per heavy atom. The second-order valence-corrected chi connectivity index (χ2v) is 13.3. The van der Waals surface area contributed by atoms with Crippen molar-refractivity contribution in [1.82, 2.24) is 15.0 Å². The third-order valence-corrected chi connectivity index (χ3v) is 10.1. The van der Waals surface area contributed by atoms with Gasteiger partial charge in [-0.25, -0.2) is 15.0 Å². The molecular formula is C49H31N3. The van der Waals surface area contributed by atoms with Gasteiger partial charge in [0.05, 0.1) is 0 Å². The van der Waals surface area contributed by atoms with Crippen LogP contribution in [0.25, 0.3) is 99.5 Å². The van der Waals surface area contributed by atoms with Crippen LogP contribution in [0.4, 0.5) is 0 Å². The molecule has 3 heteroatoms. The third kappa shape index (κ3) is 5.37. The molecule has 1 heterocycles. The van der Waals surface area contributed by atoms with Crippen LogP contribution < -0.4 is 0 Å². The van der Waals surface area contributed by atoms with E-state index in [1.807, 2.05) is 0 Å². The van der Waals surface area contributed by atoms with Crippen molar-refractivity contribution in [3.63, 3.8) is 0 Å². The fraction of sp³-hybridized carbons (Fsp3) is 0. The summed E-state index contributed by atoms with van der Waals surface area (Å²) < 4.78 is 0. The lowest BCUT2D eigenvalue weighted by molar-refractivity contribution is 1.08. The van der Waals surface area contributed by atoms with Crippen LogP contribution in [0.1, 0.15) is 0 Å². The van der Waals surface area contributed by atoms with E-state index < -0.39 is 0 Å². The summed E-state index contributed by atoms with van der Waals surface area (Å²) in [6.45, 7) is 0. The minimum atomic E-state index is 0.639. The zero-order valence-corrected chi connectivity index (χ0v) is 28.2. The molecule has 0 saturated carbocycles. The van der Waals surface area contributed by atoms with Crippen molar-refractivity contribution in [2.75, 3.05) is 0 Å². The number of fused-ring (bicyclic) bond motifs is 5. The van der Waals surface area contributed by atoms with Crippen LogP contribution in [-0.2, 0) is 0 Å². The van der Waals surface area contributed by atoms with Gasteiger partial charge in [0, 0.05) is 22.1 Å². The average Bonchev–Trinajstić information content (AvgIpc) is 3.23. The molecule has 0 amide bonds. The van der Waals surface area contributed by atoms with E-state index >= 15 is 0 Å². The molecule has 0 bridgehead atoms. The van der Waals surface area contributed by atoms with Gasteiger partial charge < -0.3 is 0 Å². The lowest BCUT2D eigenvalue weighted by Crippen LogP contribution is -2.01. The van der Waals surface area contributed by atoms with Crippen LogP contribution in [0.2, 0.25) is 0 Å². The van der Waals surface area contributed by atoms with E-state index in [0.717, 1.165) is 44.0 Å². The smallest absolute Gasteiger partial charge is 0.164 e. The zero-order valence-electron chi connectivity index (χ0n) is 28.2. The van der Waals surface area contributed by atoms with Crippen molar-refractivity contribution in [2.24, 2.45) is 0 Å². The predicted octanol–water partition coefficient (Wildman–Crippen LogP) is 12.8. The van der Waals surface area contributed by atoms with Gasteiger partial charge in [-0.05, 0) is 84.2 Å². The molecule has 1 aromatic heterocycles. The monoisotopic (exact) mass is 661 g/mol. The fourth-order valence-corrected chi connectivity index (χ4v) is 7.40. The molecule has 10 rings (SSSR count). The summed E-state index contributed by atoms with van der Waals surface area (Å²) in [5.74, 6) is 1.94. The first kappa shape index (κ1) is 29.9. The summed E-state index contributed by atoms with van der Waals surface area (Å²) in [5.41, 5.74) is 7.57. The summed E-state index contributed by atoms with van der Waals surface area (Å²) in [6, 6.07) is 66.5. The molecule has 0 aliphatic heterocycles. The van der Waals surface area contributed by atoms with E-state index in [0.29, 0.717) is 17.5 Å². The third-order valence-electron chi connectivity index (χ3n) is 10.1. The second kappa shape index (κ2) is 12.4. The van der Waals surface area contributed by atoms with Crippen molar-refractivity contribution in [2.45, 2.75) is 0 Å². The summed E-state index contributed by atoms with van der Waals surface area (Å²) in [6.07, 6.45) is 0. The number of hydrogen-bond donors (Lipinski definition) is 0. The standard InChI is InChI=1S/C49H31N3/c1-2-10-32(11-3-1)38-23-24-41-29-39(25-26-40(41)28-38)37-16-8-17-42(31-37)47-50-48(43-27-20-33-12-4-5-14-36(33)30-43)52-49(51-47)45-19-9-15-35-22-21-34-13-6-7-18-44(34)46(35)45/h1-31H. The molecule has 10 aromatic rings. The van der Waals surface area contributed by atoms with Gasteiger partial charge in [0.1, 0.15) is 0 Å². The Hall–Kier alpha value is -6.97. The van der Waals surface area contributed by atoms with Gasteiger partial charge in [-0.3, -0.25) is 0 Å². The molecule has 0 fully saturated rings. The lowest BCUT2D eigenvalue weighted by Gasteiger charge is -2.13. The van der Waals surface area contributed by atoms with E-state index in [4.69, 9.17) is 15.0 Å². The summed E-state index contributed by atoms with van der Waals surface area (Å²) in [4.78, 5) is 15.6. The number of benzene rings is 9. The Morgan fingerprint density at radius 2 is 0.712 bits per heavy atom. The van der Waals surface area contributed by atoms with Crippen LogP contribution in [0.3, 0.4) is 0 Å². The molecule has 0 aliphatic rings. The molecule has 3 nitrogen and oxygen atoms in total. The van der Waals surface area contributed by atoms with Gasteiger partial charge in [0.2, 0.25) is 0 Å². The molecule has 0 atom stereocenters. The SMILES string of the molecule is c1ccc(-c2ccc3cc(-c4cccc(-c5nc(-c6ccc7ccccc7c6)nc(-c6cccc7ccc8ccccc8c67)n5)c4)ccc3c2)cc1. The maximum Gasteiger partial charge on any atom is 0.164 e. The minimum absolute atomic E-state index is 0.639. The van der Waals surface area contributed by atoms with Crippen molar-refractivity contribution in [1.29, 1.82) is 0 Å². The highest BCUT2D eigenvalue weighted by Gasteiger charge is 2.16. The molecule has 0 spiro atoms. The topological polar surface area (TPSA) is 38.7 Å². The van der Waals surface area contributed by atoms with E-state index in [1.165, 1.54) is 38.1 Å². The number of hydrogen-bond acceptors (Lipinski definition) is 3. The summed E-state index contributed by atoms with van der Waals surface area (Å²) >= 11 is 0. The Labute approximate surface area is 301 Å². The Morgan fingerprint density at radius 1 is 0.250 bits per heavy atom. The van der Waals surface area contributed by atoms with Gasteiger partial charge in [0.15, 0.2) is 17.5 Å². The molecule has 0 N–H and O–H groups in total. The molecule has 52 heavy (non-hydrogen) atoms. The van der Waals surface area contributed by atoms with Crippen LogP contribution in [0.15, 0.2) is 188 Å².